The minimum atomic E-state index is -3.82. The van der Waals surface area contributed by atoms with Gasteiger partial charge in [0.05, 0.1) is 4.90 Å². The zero-order valence-corrected chi connectivity index (χ0v) is 15.5. The molecule has 0 aliphatic carbocycles. The van der Waals surface area contributed by atoms with Crippen LogP contribution in [-0.2, 0) is 12.4 Å². The fraction of sp³-hybridized carbons (Fsp3) is 0.0667. The van der Waals surface area contributed by atoms with Gasteiger partial charge in [-0.3, -0.25) is 0 Å². The molecule has 8 heteroatoms. The highest BCUT2D eigenvalue weighted by atomic mass is 79.9. The molecule has 1 heterocycles. The van der Waals surface area contributed by atoms with Crippen molar-refractivity contribution in [2.45, 2.75) is 7.46 Å². The summed E-state index contributed by atoms with van der Waals surface area (Å²) in [6.45, 7) is 0. The van der Waals surface area contributed by atoms with E-state index in [9.17, 15) is 8.42 Å². The smallest absolute Gasteiger partial charge is 0.262 e. The van der Waals surface area contributed by atoms with Gasteiger partial charge in [-0.15, -0.1) is 10.2 Å². The van der Waals surface area contributed by atoms with Crippen LogP contribution in [-0.4, -0.2) is 18.6 Å². The van der Waals surface area contributed by atoms with Crippen molar-refractivity contribution in [3.8, 4) is 11.5 Å². The van der Waals surface area contributed by atoms with Crippen molar-refractivity contribution in [2.75, 3.05) is 0 Å². The summed E-state index contributed by atoms with van der Waals surface area (Å²) >= 11 is 6.33. The molecule has 3 aromatic rings. The normalized spacial score (nSPS) is 12.3. The fourth-order valence-electron chi connectivity index (χ4n) is 1.90. The number of hydrogen-bond donors (Lipinski definition) is 0. The summed E-state index contributed by atoms with van der Waals surface area (Å²) in [4.78, 5) is 0.133. The van der Waals surface area contributed by atoms with E-state index in [1.807, 2.05) is 18.2 Å². The van der Waals surface area contributed by atoms with E-state index in [1.54, 1.807) is 30.3 Å². The summed E-state index contributed by atoms with van der Waals surface area (Å²) < 4.78 is 29.4. The van der Waals surface area contributed by atoms with Crippen molar-refractivity contribution < 1.29 is 12.8 Å². The van der Waals surface area contributed by atoms with Gasteiger partial charge in [0.15, 0.2) is 0 Å². The highest BCUT2D eigenvalue weighted by Crippen LogP contribution is 2.46. The Balaban J connectivity index is 2.02. The first-order valence-corrected chi connectivity index (χ1v) is 9.57. The number of aromatic nitrogens is 2. The van der Waals surface area contributed by atoms with Gasteiger partial charge < -0.3 is 4.42 Å². The molecule has 0 unspecified atom stereocenters. The van der Waals surface area contributed by atoms with Crippen LogP contribution in [0.3, 0.4) is 0 Å². The lowest BCUT2D eigenvalue weighted by Gasteiger charge is -2.16. The summed E-state index contributed by atoms with van der Waals surface area (Å²) in [5.74, 6) is 0.146. The van der Waals surface area contributed by atoms with Crippen molar-refractivity contribution >= 4 is 41.7 Å². The predicted molar refractivity (Wildman–Crippen MR) is 92.9 cm³/mol. The van der Waals surface area contributed by atoms with E-state index in [0.29, 0.717) is 5.56 Å². The van der Waals surface area contributed by atoms with Gasteiger partial charge in [-0.1, -0.05) is 36.4 Å². The molecule has 118 valence electrons. The summed E-state index contributed by atoms with van der Waals surface area (Å²) in [5, 5.41) is 7.79. The molecule has 3 rings (SSSR count). The van der Waals surface area contributed by atoms with Gasteiger partial charge in [-0.05, 0) is 56.1 Å². The fourth-order valence-corrected chi connectivity index (χ4v) is 4.47. The number of benzene rings is 2. The van der Waals surface area contributed by atoms with Crippen LogP contribution >= 0.6 is 31.9 Å². The Morgan fingerprint density at radius 1 is 0.870 bits per heavy atom. The van der Waals surface area contributed by atoms with E-state index >= 15 is 0 Å². The Kier molecular flexibility index (Phi) is 4.39. The molecule has 0 fully saturated rings. The van der Waals surface area contributed by atoms with Gasteiger partial charge >= 0.3 is 0 Å². The second-order valence-corrected chi connectivity index (χ2v) is 11.2. The van der Waals surface area contributed by atoms with E-state index in [1.165, 1.54) is 12.1 Å². The number of halogens is 2. The highest BCUT2D eigenvalue weighted by molar-refractivity contribution is 9.27. The number of hydrogen-bond acceptors (Lipinski definition) is 5. The Labute approximate surface area is 149 Å². The third-order valence-corrected chi connectivity index (χ3v) is 8.06. The van der Waals surface area contributed by atoms with Gasteiger partial charge in [0.1, 0.15) is 0 Å². The average molecular weight is 458 g/mol. The Morgan fingerprint density at radius 3 is 2.04 bits per heavy atom. The van der Waals surface area contributed by atoms with E-state index in [0.717, 1.165) is 0 Å². The molecule has 0 N–H and O–H groups in total. The minimum Gasteiger partial charge on any atom is -0.417 e. The van der Waals surface area contributed by atoms with Crippen molar-refractivity contribution in [3.63, 3.8) is 0 Å². The topological polar surface area (TPSA) is 73.1 Å². The first kappa shape index (κ1) is 16.4. The first-order valence-electron chi connectivity index (χ1n) is 6.50. The van der Waals surface area contributed by atoms with Gasteiger partial charge in [-0.2, -0.15) is 0 Å². The van der Waals surface area contributed by atoms with E-state index in [4.69, 9.17) is 4.42 Å². The van der Waals surface area contributed by atoms with Gasteiger partial charge in [0.25, 0.3) is 8.46 Å². The molecular weight excluding hydrogens is 448 g/mol. The maximum absolute atomic E-state index is 12.8. The lowest BCUT2D eigenvalue weighted by atomic mass is 10.2. The number of rotatable bonds is 4. The van der Waals surface area contributed by atoms with Gasteiger partial charge in [-0.25, -0.2) is 8.42 Å². The molecule has 23 heavy (non-hydrogen) atoms. The lowest BCUT2D eigenvalue weighted by molar-refractivity contribution is 0.511. The maximum Gasteiger partial charge on any atom is 0.262 e. The summed E-state index contributed by atoms with van der Waals surface area (Å²) in [6.07, 6.45) is 0. The third-order valence-electron chi connectivity index (χ3n) is 3.09. The van der Waals surface area contributed by atoms with E-state index in [2.05, 4.69) is 42.1 Å². The minimum absolute atomic E-state index is 0.0970. The van der Waals surface area contributed by atoms with Crippen LogP contribution in [0.15, 0.2) is 70.0 Å². The number of sulfone groups is 1. The number of nitrogens with zero attached hydrogens (tertiary/aromatic N) is 2. The summed E-state index contributed by atoms with van der Waals surface area (Å²) in [6, 6.07) is 17.1. The molecule has 0 spiro atoms. The van der Waals surface area contributed by atoms with Crippen molar-refractivity contribution in [1.82, 2.24) is 10.2 Å². The quantitative estimate of drug-likeness (QED) is 0.551. The molecule has 2 aromatic carbocycles. The first-order chi connectivity index (χ1) is 10.9. The van der Waals surface area contributed by atoms with Crippen LogP contribution in [0.2, 0.25) is 0 Å². The summed E-state index contributed by atoms with van der Waals surface area (Å²) in [5.41, 5.74) is 0.708. The highest BCUT2D eigenvalue weighted by Gasteiger charge is 2.47. The van der Waals surface area contributed by atoms with Crippen LogP contribution in [0, 0.1) is 0 Å². The third kappa shape index (κ3) is 2.98. The van der Waals surface area contributed by atoms with E-state index in [-0.39, 0.29) is 16.7 Å². The van der Waals surface area contributed by atoms with Gasteiger partial charge in [0, 0.05) is 5.56 Å². The predicted octanol–water partition coefficient (Wildman–Crippen LogP) is 4.11. The zero-order chi connectivity index (χ0) is 16.5. The molecule has 0 bridgehead atoms. The second kappa shape index (κ2) is 6.18. The largest absolute Gasteiger partial charge is 0.417 e. The van der Waals surface area contributed by atoms with Crippen LogP contribution in [0.1, 0.15) is 5.89 Å². The molecule has 0 atom stereocenters. The molecule has 0 saturated heterocycles. The van der Waals surface area contributed by atoms with Crippen LogP contribution < -0.4 is 0 Å². The molecule has 0 radical (unpaired) electrons. The molecule has 0 aliphatic heterocycles. The Morgan fingerprint density at radius 2 is 1.43 bits per heavy atom. The monoisotopic (exact) mass is 456 g/mol. The summed E-state index contributed by atoms with van der Waals surface area (Å²) in [7, 11) is -3.82. The van der Waals surface area contributed by atoms with E-state index < -0.39 is 12.4 Å². The molecule has 1 aromatic heterocycles. The molecule has 5 nitrogen and oxygen atoms in total. The molecule has 0 amide bonds. The molecule has 0 aliphatic rings. The molecule has 0 saturated carbocycles. The maximum atomic E-state index is 12.8. The van der Waals surface area contributed by atoms with Crippen molar-refractivity contribution in [2.24, 2.45) is 0 Å². The van der Waals surface area contributed by atoms with Crippen LogP contribution in [0.4, 0.5) is 0 Å². The van der Waals surface area contributed by atoms with Crippen LogP contribution in [0.25, 0.3) is 11.5 Å². The SMILES string of the molecule is O=S(=O)(c1ccccc1)C(Br)(Br)c1nnc(-c2ccccc2)o1. The van der Waals surface area contributed by atoms with Gasteiger partial charge in [0.2, 0.25) is 15.7 Å². The average Bonchev–Trinajstić information content (AvgIpc) is 3.07. The number of alkyl halides is 2. The molecular formula is C15H10Br2N2O3S. The Bertz CT molecular complexity index is 910. The zero-order valence-electron chi connectivity index (χ0n) is 11.6. The second-order valence-electron chi connectivity index (χ2n) is 4.61. The van der Waals surface area contributed by atoms with Crippen molar-refractivity contribution in [3.05, 3.63) is 66.6 Å². The lowest BCUT2D eigenvalue weighted by Crippen LogP contribution is -2.23. The van der Waals surface area contributed by atoms with Crippen molar-refractivity contribution in [1.29, 1.82) is 0 Å². The standard InChI is InChI=1S/C15H10Br2N2O3S/c16-15(17,23(20,21)12-9-5-2-6-10-12)14-19-18-13(22-14)11-7-3-1-4-8-11/h1-10H. The Hall–Kier alpha value is -1.51. The van der Waals surface area contributed by atoms with Crippen LogP contribution in [0.5, 0.6) is 0 Å².